The minimum Gasteiger partial charge on any atom is -0.456 e. The Bertz CT molecular complexity index is 1690. The molecule has 4 aromatic carbocycles. The van der Waals surface area contributed by atoms with Crippen molar-refractivity contribution in [1.82, 2.24) is 0 Å². The van der Waals surface area contributed by atoms with Crippen molar-refractivity contribution < 1.29 is 8.98 Å². The smallest absolute Gasteiger partial charge is 0.213 e. The summed E-state index contributed by atoms with van der Waals surface area (Å²) in [5.41, 5.74) is 10.6. The van der Waals surface area contributed by atoms with Crippen LogP contribution in [0.4, 0.5) is 0 Å². The maximum Gasteiger partial charge on any atom is 0.213 e. The van der Waals surface area contributed by atoms with Crippen molar-refractivity contribution in [3.8, 4) is 22.4 Å². The molecular weight excluding hydrogens is 414 g/mol. The van der Waals surface area contributed by atoms with Crippen LogP contribution >= 0.6 is 0 Å². The first-order chi connectivity index (χ1) is 16.5. The molecule has 0 aliphatic rings. The Morgan fingerprint density at radius 1 is 0.706 bits per heavy atom. The maximum absolute atomic E-state index is 6.19. The molecule has 0 unspecified atom stereocenters. The van der Waals surface area contributed by atoms with Crippen LogP contribution in [0, 0.1) is 6.92 Å². The lowest BCUT2D eigenvalue weighted by Crippen LogP contribution is -2.32. The average molecular weight is 443 g/mol. The molecular formula is C32H28NO+. The van der Waals surface area contributed by atoms with Gasteiger partial charge in [-0.2, -0.15) is 4.57 Å². The molecule has 2 heterocycles. The summed E-state index contributed by atoms with van der Waals surface area (Å²) in [5.74, 6) is 0.540. The highest BCUT2D eigenvalue weighted by atomic mass is 16.3. The second kappa shape index (κ2) is 7.85. The van der Waals surface area contributed by atoms with Crippen molar-refractivity contribution in [2.45, 2.75) is 26.7 Å². The Morgan fingerprint density at radius 3 is 2.24 bits per heavy atom. The summed E-state index contributed by atoms with van der Waals surface area (Å²) in [6, 6.07) is 32.9. The fourth-order valence-corrected chi connectivity index (χ4v) is 5.05. The number of aryl methyl sites for hydroxylation is 2. The number of rotatable bonds is 3. The van der Waals surface area contributed by atoms with Gasteiger partial charge in [0.2, 0.25) is 11.2 Å². The number of hydrogen-bond donors (Lipinski definition) is 0. The monoisotopic (exact) mass is 442 g/mol. The predicted octanol–water partition coefficient (Wildman–Crippen LogP) is 8.33. The summed E-state index contributed by atoms with van der Waals surface area (Å²) in [5, 5.41) is 3.58. The topological polar surface area (TPSA) is 17.0 Å². The lowest BCUT2D eigenvalue weighted by molar-refractivity contribution is -0.633. The van der Waals surface area contributed by atoms with E-state index < -0.39 is 0 Å². The summed E-state index contributed by atoms with van der Waals surface area (Å²) in [7, 11) is 2.16. The van der Waals surface area contributed by atoms with E-state index in [0.717, 1.165) is 11.2 Å². The molecule has 0 N–H and O–H groups in total. The summed E-state index contributed by atoms with van der Waals surface area (Å²) in [4.78, 5) is 0. The zero-order valence-corrected chi connectivity index (χ0v) is 20.1. The molecule has 0 aliphatic heterocycles. The molecule has 0 saturated heterocycles. The van der Waals surface area contributed by atoms with Gasteiger partial charge < -0.3 is 4.42 Å². The van der Waals surface area contributed by atoms with Crippen LogP contribution in [-0.2, 0) is 7.05 Å². The summed E-state index contributed by atoms with van der Waals surface area (Å²) in [6.07, 6.45) is 0. The molecule has 0 bridgehead atoms. The number of para-hydroxylation sites is 1. The molecule has 0 radical (unpaired) electrons. The van der Waals surface area contributed by atoms with Crippen LogP contribution in [-0.4, -0.2) is 0 Å². The Labute approximate surface area is 200 Å². The van der Waals surface area contributed by atoms with Gasteiger partial charge in [0.15, 0.2) is 0 Å². The molecule has 166 valence electrons. The van der Waals surface area contributed by atoms with Crippen LogP contribution in [0.2, 0.25) is 0 Å². The van der Waals surface area contributed by atoms with Crippen LogP contribution in [0.3, 0.4) is 0 Å². The van der Waals surface area contributed by atoms with Crippen molar-refractivity contribution in [2.75, 3.05) is 0 Å². The van der Waals surface area contributed by atoms with Gasteiger partial charge in [-0.1, -0.05) is 62.4 Å². The van der Waals surface area contributed by atoms with Gasteiger partial charge in [0.25, 0.3) is 0 Å². The van der Waals surface area contributed by atoms with Gasteiger partial charge in [-0.15, -0.1) is 0 Å². The van der Waals surface area contributed by atoms with E-state index in [0.29, 0.717) is 5.92 Å². The third kappa shape index (κ3) is 3.30. The minimum atomic E-state index is 0.540. The highest BCUT2D eigenvalue weighted by Gasteiger charge is 2.19. The van der Waals surface area contributed by atoms with Crippen LogP contribution in [0.1, 0.15) is 30.9 Å². The van der Waals surface area contributed by atoms with Crippen LogP contribution in [0.25, 0.3) is 55.2 Å². The number of hydrogen-bond acceptors (Lipinski definition) is 1. The molecule has 0 fully saturated rings. The standard InChI is InChI=1S/C32H28NO/c1-20(2)22-9-11-23(12-10-22)25-14-13-24-15-16-29(33(4)30(24)18-25)27-19-32-28(17-21(27)3)26-7-5-6-8-31(26)34-32/h5-20H,1-4H3/q+1. The van der Waals surface area contributed by atoms with E-state index in [1.165, 1.54) is 55.2 Å². The van der Waals surface area contributed by atoms with E-state index in [1.54, 1.807) is 0 Å². The number of nitrogens with zero attached hydrogens (tertiary/aromatic N) is 1. The number of pyridine rings is 1. The summed E-state index contributed by atoms with van der Waals surface area (Å²) in [6.45, 7) is 6.65. The van der Waals surface area contributed by atoms with Gasteiger partial charge in [0.1, 0.15) is 18.2 Å². The van der Waals surface area contributed by atoms with Gasteiger partial charge >= 0.3 is 0 Å². The first-order valence-electron chi connectivity index (χ1n) is 11.9. The van der Waals surface area contributed by atoms with E-state index >= 15 is 0 Å². The molecule has 2 nitrogen and oxygen atoms in total. The van der Waals surface area contributed by atoms with E-state index in [4.69, 9.17) is 4.42 Å². The third-order valence-electron chi connectivity index (χ3n) is 7.08. The third-order valence-corrected chi connectivity index (χ3v) is 7.08. The van der Waals surface area contributed by atoms with E-state index in [-0.39, 0.29) is 0 Å². The van der Waals surface area contributed by atoms with E-state index in [2.05, 4.69) is 111 Å². The largest absolute Gasteiger partial charge is 0.456 e. The SMILES string of the molecule is Cc1cc2c(cc1-c1ccc3ccc(-c4ccc(C(C)C)cc4)cc3[n+]1C)oc1ccccc12. The molecule has 6 aromatic rings. The molecule has 2 aromatic heterocycles. The fourth-order valence-electron chi connectivity index (χ4n) is 5.05. The molecule has 0 aliphatic carbocycles. The van der Waals surface area contributed by atoms with Crippen LogP contribution in [0.15, 0.2) is 95.4 Å². The van der Waals surface area contributed by atoms with E-state index in [9.17, 15) is 0 Å². The number of aromatic nitrogens is 1. The molecule has 6 rings (SSSR count). The van der Waals surface area contributed by atoms with Crippen molar-refractivity contribution in [3.63, 3.8) is 0 Å². The summed E-state index contributed by atoms with van der Waals surface area (Å²) < 4.78 is 8.49. The fraction of sp³-hybridized carbons (Fsp3) is 0.156. The van der Waals surface area contributed by atoms with Crippen LogP contribution in [0.5, 0.6) is 0 Å². The van der Waals surface area contributed by atoms with Gasteiger partial charge in [-0.3, -0.25) is 0 Å². The number of benzene rings is 4. The zero-order valence-electron chi connectivity index (χ0n) is 20.1. The molecule has 0 spiro atoms. The van der Waals surface area contributed by atoms with Gasteiger partial charge in [-0.05, 0) is 65.4 Å². The Kier molecular flexibility index (Phi) is 4.77. The molecule has 0 amide bonds. The highest BCUT2D eigenvalue weighted by molar-refractivity contribution is 6.06. The molecule has 0 saturated carbocycles. The van der Waals surface area contributed by atoms with Gasteiger partial charge in [0, 0.05) is 28.3 Å². The lowest BCUT2D eigenvalue weighted by Gasteiger charge is -2.09. The quantitative estimate of drug-likeness (QED) is 0.252. The second-order valence-electron chi connectivity index (χ2n) is 9.59. The van der Waals surface area contributed by atoms with Crippen molar-refractivity contribution >= 4 is 32.8 Å². The predicted molar refractivity (Wildman–Crippen MR) is 142 cm³/mol. The van der Waals surface area contributed by atoms with Crippen molar-refractivity contribution in [3.05, 3.63) is 102 Å². The van der Waals surface area contributed by atoms with Crippen LogP contribution < -0.4 is 4.57 Å². The Hall–Kier alpha value is -3.91. The highest BCUT2D eigenvalue weighted by Crippen LogP contribution is 2.34. The normalized spacial score (nSPS) is 11.8. The minimum absolute atomic E-state index is 0.540. The van der Waals surface area contributed by atoms with Gasteiger partial charge in [0.05, 0.1) is 5.56 Å². The second-order valence-corrected chi connectivity index (χ2v) is 9.59. The first kappa shape index (κ1) is 20.7. The molecule has 2 heteroatoms. The van der Waals surface area contributed by atoms with Gasteiger partial charge in [-0.25, -0.2) is 0 Å². The van der Waals surface area contributed by atoms with Crippen molar-refractivity contribution in [2.24, 2.45) is 7.05 Å². The lowest BCUT2D eigenvalue weighted by atomic mass is 9.97. The van der Waals surface area contributed by atoms with E-state index in [1.807, 2.05) is 12.1 Å². The van der Waals surface area contributed by atoms with Crippen molar-refractivity contribution in [1.29, 1.82) is 0 Å². The average Bonchev–Trinajstić information content (AvgIpc) is 3.21. The molecule has 0 atom stereocenters. The Morgan fingerprint density at radius 2 is 1.44 bits per heavy atom. The zero-order chi connectivity index (χ0) is 23.4. The number of fused-ring (bicyclic) bond motifs is 4. The Balaban J connectivity index is 1.49. The first-order valence-corrected chi connectivity index (χ1v) is 11.9. The number of furan rings is 1. The summed E-state index contributed by atoms with van der Waals surface area (Å²) >= 11 is 0. The maximum atomic E-state index is 6.19. The molecule has 34 heavy (non-hydrogen) atoms.